The second-order valence-corrected chi connectivity index (χ2v) is 9.04. The second-order valence-electron chi connectivity index (χ2n) is 6.79. The molecule has 0 unspecified atom stereocenters. The Morgan fingerprint density at radius 1 is 1.16 bits per heavy atom. The lowest BCUT2D eigenvalue weighted by molar-refractivity contribution is -0.144. The molecule has 0 spiro atoms. The number of fused-ring (bicyclic) bond motifs is 1. The second kappa shape index (κ2) is 7.95. The smallest absolute Gasteiger partial charge is 0.321 e. The average molecular weight is 454 g/mol. The molecule has 3 rings (SSSR count). The molecule has 0 N–H and O–H groups in total. The van der Waals surface area contributed by atoms with Gasteiger partial charge >= 0.3 is 6.18 Å². The average Bonchev–Trinajstić information content (AvgIpc) is 3.04. The summed E-state index contributed by atoms with van der Waals surface area (Å²) in [5.74, 6) is -0.206. The predicted octanol–water partition coefficient (Wildman–Crippen LogP) is 3.66. The van der Waals surface area contributed by atoms with E-state index in [1.807, 2.05) is 0 Å². The standard InChI is InChI=1S/C20H21F3N4O3S/c1-5-8-12-9-10-14(31(29,30)7-3)16(24-12)18-25-13-11-15(20(21,22)23)27(6-2)19(28)17(13)26(18)4/h5,8-11H,6-7H2,1-4H3/b8-5+. The van der Waals surface area contributed by atoms with Gasteiger partial charge in [-0.25, -0.2) is 18.4 Å². The number of allylic oxidation sites excluding steroid dienone is 1. The first kappa shape index (κ1) is 22.7. The van der Waals surface area contributed by atoms with Crippen molar-refractivity contribution >= 4 is 26.9 Å². The molecule has 3 heterocycles. The molecular weight excluding hydrogens is 433 g/mol. The molecular formula is C20H21F3N4O3S. The van der Waals surface area contributed by atoms with E-state index < -0.39 is 27.3 Å². The summed E-state index contributed by atoms with van der Waals surface area (Å²) in [5.41, 5.74) is -1.80. The van der Waals surface area contributed by atoms with Gasteiger partial charge in [0.05, 0.1) is 21.9 Å². The van der Waals surface area contributed by atoms with E-state index >= 15 is 0 Å². The quantitative estimate of drug-likeness (QED) is 0.587. The third-order valence-corrected chi connectivity index (χ3v) is 6.64. The number of hydrogen-bond donors (Lipinski definition) is 0. The first-order valence-electron chi connectivity index (χ1n) is 9.50. The van der Waals surface area contributed by atoms with E-state index in [1.54, 1.807) is 19.1 Å². The first-order chi connectivity index (χ1) is 14.5. The highest BCUT2D eigenvalue weighted by Gasteiger charge is 2.36. The molecule has 7 nitrogen and oxygen atoms in total. The molecule has 0 amide bonds. The van der Waals surface area contributed by atoms with Crippen molar-refractivity contribution in [2.75, 3.05) is 5.75 Å². The zero-order valence-corrected chi connectivity index (χ0v) is 18.2. The van der Waals surface area contributed by atoms with Crippen LogP contribution in [0.15, 0.2) is 34.0 Å². The van der Waals surface area contributed by atoms with E-state index in [0.717, 1.165) is 6.07 Å². The summed E-state index contributed by atoms with van der Waals surface area (Å²) in [7, 11) is -2.27. The minimum atomic E-state index is -4.75. The van der Waals surface area contributed by atoms with Crippen LogP contribution in [0.4, 0.5) is 13.2 Å². The molecule has 0 fully saturated rings. The zero-order valence-electron chi connectivity index (χ0n) is 17.4. The van der Waals surface area contributed by atoms with Crippen LogP contribution in [-0.4, -0.2) is 33.3 Å². The molecule has 0 saturated carbocycles. The van der Waals surface area contributed by atoms with Gasteiger partial charge in [-0.2, -0.15) is 13.2 Å². The van der Waals surface area contributed by atoms with Crippen molar-refractivity contribution in [2.24, 2.45) is 7.05 Å². The number of sulfone groups is 1. The number of aromatic nitrogens is 4. The maximum Gasteiger partial charge on any atom is 0.431 e. The van der Waals surface area contributed by atoms with Crippen molar-refractivity contribution in [2.45, 2.75) is 38.4 Å². The van der Waals surface area contributed by atoms with Crippen molar-refractivity contribution < 1.29 is 21.6 Å². The fourth-order valence-corrected chi connectivity index (χ4v) is 4.39. The summed E-state index contributed by atoms with van der Waals surface area (Å²) in [6.45, 7) is 4.49. The number of aryl methyl sites for hydroxylation is 1. The lowest BCUT2D eigenvalue weighted by Crippen LogP contribution is -2.28. The molecule has 0 bridgehead atoms. The normalized spacial score (nSPS) is 12.9. The van der Waals surface area contributed by atoms with Crippen LogP contribution in [0.1, 0.15) is 32.2 Å². The highest BCUT2D eigenvalue weighted by atomic mass is 32.2. The number of imidazole rings is 1. The van der Waals surface area contributed by atoms with E-state index in [-0.39, 0.29) is 39.7 Å². The Balaban J connectivity index is 2.44. The maximum atomic E-state index is 13.5. The summed E-state index contributed by atoms with van der Waals surface area (Å²) in [4.78, 5) is 21.3. The van der Waals surface area contributed by atoms with Crippen LogP contribution in [-0.2, 0) is 29.6 Å². The van der Waals surface area contributed by atoms with Gasteiger partial charge in [0.25, 0.3) is 5.56 Å². The Kier molecular flexibility index (Phi) is 5.83. The van der Waals surface area contributed by atoms with Gasteiger partial charge in [-0.3, -0.25) is 4.79 Å². The Labute approximate surface area is 176 Å². The summed E-state index contributed by atoms with van der Waals surface area (Å²) < 4.78 is 67.6. The van der Waals surface area contributed by atoms with Gasteiger partial charge in [-0.1, -0.05) is 13.0 Å². The van der Waals surface area contributed by atoms with Gasteiger partial charge in [0.1, 0.15) is 16.9 Å². The number of hydrogen-bond acceptors (Lipinski definition) is 5. The van der Waals surface area contributed by atoms with E-state index in [2.05, 4.69) is 9.97 Å². The van der Waals surface area contributed by atoms with Crippen molar-refractivity contribution in [3.8, 4) is 11.5 Å². The largest absolute Gasteiger partial charge is 0.431 e. The monoisotopic (exact) mass is 454 g/mol. The Hall–Kier alpha value is -2.95. The van der Waals surface area contributed by atoms with Crippen LogP contribution >= 0.6 is 0 Å². The van der Waals surface area contributed by atoms with Crippen molar-refractivity contribution in [1.82, 2.24) is 19.1 Å². The number of halogens is 3. The van der Waals surface area contributed by atoms with Gasteiger partial charge < -0.3 is 9.13 Å². The molecule has 11 heteroatoms. The van der Waals surface area contributed by atoms with Crippen molar-refractivity contribution in [1.29, 1.82) is 0 Å². The third-order valence-electron chi connectivity index (χ3n) is 4.88. The summed E-state index contributed by atoms with van der Waals surface area (Å²) in [6.07, 6.45) is -1.38. The highest BCUT2D eigenvalue weighted by molar-refractivity contribution is 7.91. The van der Waals surface area contributed by atoms with Gasteiger partial charge in [0, 0.05) is 13.6 Å². The zero-order chi connectivity index (χ0) is 23.1. The molecule has 166 valence electrons. The summed E-state index contributed by atoms with van der Waals surface area (Å²) >= 11 is 0. The van der Waals surface area contributed by atoms with Crippen LogP contribution in [0.2, 0.25) is 0 Å². The number of nitrogens with zero attached hydrogens (tertiary/aromatic N) is 4. The van der Waals surface area contributed by atoms with Crippen molar-refractivity contribution in [3.05, 3.63) is 46.0 Å². The van der Waals surface area contributed by atoms with Crippen LogP contribution in [0.25, 0.3) is 28.6 Å². The fourth-order valence-electron chi connectivity index (χ4n) is 3.37. The lowest BCUT2D eigenvalue weighted by Gasteiger charge is -2.14. The molecule has 0 aliphatic heterocycles. The van der Waals surface area contributed by atoms with Crippen LogP contribution < -0.4 is 5.56 Å². The van der Waals surface area contributed by atoms with Crippen LogP contribution in [0.5, 0.6) is 0 Å². The molecule has 0 atom stereocenters. The number of alkyl halides is 3. The summed E-state index contributed by atoms with van der Waals surface area (Å²) in [6, 6.07) is 3.72. The molecule has 0 aliphatic rings. The minimum Gasteiger partial charge on any atom is -0.321 e. The highest BCUT2D eigenvalue weighted by Crippen LogP contribution is 2.32. The number of rotatable bonds is 5. The Morgan fingerprint density at radius 3 is 2.39 bits per heavy atom. The minimum absolute atomic E-state index is 0.00699. The Morgan fingerprint density at radius 2 is 1.84 bits per heavy atom. The molecule has 31 heavy (non-hydrogen) atoms. The lowest BCUT2D eigenvalue weighted by atomic mass is 10.2. The van der Waals surface area contributed by atoms with Gasteiger partial charge in [-0.05, 0) is 38.1 Å². The topological polar surface area (TPSA) is 86.9 Å². The first-order valence-corrected chi connectivity index (χ1v) is 11.2. The van der Waals surface area contributed by atoms with Gasteiger partial charge in [0.15, 0.2) is 15.7 Å². The van der Waals surface area contributed by atoms with Crippen LogP contribution in [0, 0.1) is 0 Å². The van der Waals surface area contributed by atoms with Crippen molar-refractivity contribution in [3.63, 3.8) is 0 Å². The van der Waals surface area contributed by atoms with Gasteiger partial charge in [-0.15, -0.1) is 0 Å². The molecule has 0 aliphatic carbocycles. The number of pyridine rings is 2. The maximum absolute atomic E-state index is 13.5. The van der Waals surface area contributed by atoms with E-state index in [9.17, 15) is 26.4 Å². The van der Waals surface area contributed by atoms with E-state index in [1.165, 1.54) is 37.6 Å². The third kappa shape index (κ3) is 3.89. The van der Waals surface area contributed by atoms with Gasteiger partial charge in [0.2, 0.25) is 0 Å². The predicted molar refractivity (Wildman–Crippen MR) is 111 cm³/mol. The summed E-state index contributed by atoms with van der Waals surface area (Å²) in [5, 5.41) is 0. The van der Waals surface area contributed by atoms with Crippen LogP contribution in [0.3, 0.4) is 0 Å². The molecule has 3 aromatic rings. The Bertz CT molecular complexity index is 1350. The SMILES string of the molecule is C/C=C/c1ccc(S(=O)(=O)CC)c(-c2nc3cc(C(F)(F)F)n(CC)c(=O)c3n2C)n1. The molecule has 0 aromatic carbocycles. The molecule has 0 radical (unpaired) electrons. The van der Waals surface area contributed by atoms with E-state index in [4.69, 9.17) is 0 Å². The molecule has 0 saturated heterocycles. The van der Waals surface area contributed by atoms with E-state index in [0.29, 0.717) is 10.3 Å². The molecule has 3 aromatic heterocycles. The fraction of sp³-hybridized carbons (Fsp3) is 0.350.